The standard InChI is InChI=1S/C18H39NO4S/c1-4-5-6-7-8-9-10-11-12-13-16-19(2,3)23-17-14-15-18-24(20,21)22/h4-18H2,1-3H3. The monoisotopic (exact) mass is 365 g/mol. The van der Waals surface area contributed by atoms with E-state index in [9.17, 15) is 13.0 Å². The number of hydrogen-bond donors (Lipinski definition) is 0. The van der Waals surface area contributed by atoms with Crippen molar-refractivity contribution in [1.29, 1.82) is 0 Å². The highest BCUT2D eigenvalue weighted by Gasteiger charge is 2.15. The quantitative estimate of drug-likeness (QED) is 0.167. The SMILES string of the molecule is CCCCCCCCCCCC[N+](C)(C)OCCCCS(=O)(=O)[O-]. The van der Waals surface area contributed by atoms with Crippen LogP contribution < -0.4 is 0 Å². The van der Waals surface area contributed by atoms with Gasteiger partial charge in [-0.1, -0.05) is 58.3 Å². The van der Waals surface area contributed by atoms with Gasteiger partial charge in [-0.05, 0) is 25.7 Å². The average molecular weight is 366 g/mol. The highest BCUT2D eigenvalue weighted by Crippen LogP contribution is 2.12. The van der Waals surface area contributed by atoms with Crippen LogP contribution in [0.5, 0.6) is 0 Å². The minimum Gasteiger partial charge on any atom is -0.748 e. The lowest BCUT2D eigenvalue weighted by Crippen LogP contribution is -2.40. The molecular formula is C18H39NO4S. The van der Waals surface area contributed by atoms with Gasteiger partial charge in [0.15, 0.2) is 0 Å². The minimum atomic E-state index is -4.08. The fourth-order valence-corrected chi connectivity index (χ4v) is 3.29. The van der Waals surface area contributed by atoms with Crippen LogP contribution in [0.2, 0.25) is 0 Å². The van der Waals surface area contributed by atoms with Crippen LogP contribution in [-0.4, -0.2) is 50.6 Å². The minimum absolute atomic E-state index is 0.289. The molecule has 6 heteroatoms. The van der Waals surface area contributed by atoms with Gasteiger partial charge in [-0.3, -0.25) is 0 Å². The van der Waals surface area contributed by atoms with Crippen molar-refractivity contribution >= 4 is 10.1 Å². The van der Waals surface area contributed by atoms with Crippen molar-refractivity contribution < 1.29 is 22.5 Å². The van der Waals surface area contributed by atoms with Gasteiger partial charge < -0.3 is 4.55 Å². The summed E-state index contributed by atoms with van der Waals surface area (Å²) >= 11 is 0. The van der Waals surface area contributed by atoms with Crippen molar-refractivity contribution in [3.8, 4) is 0 Å². The Hall–Kier alpha value is -0.170. The van der Waals surface area contributed by atoms with Crippen molar-refractivity contribution in [3.63, 3.8) is 0 Å². The van der Waals surface area contributed by atoms with E-state index in [0.717, 1.165) is 13.0 Å². The van der Waals surface area contributed by atoms with Gasteiger partial charge >= 0.3 is 0 Å². The molecule has 0 bridgehead atoms. The zero-order valence-corrected chi connectivity index (χ0v) is 16.9. The maximum atomic E-state index is 10.5. The smallest absolute Gasteiger partial charge is 0.108 e. The molecule has 0 spiro atoms. The van der Waals surface area contributed by atoms with Crippen molar-refractivity contribution in [2.75, 3.05) is 33.0 Å². The van der Waals surface area contributed by atoms with Crippen LogP contribution in [0.25, 0.3) is 0 Å². The van der Waals surface area contributed by atoms with E-state index in [4.69, 9.17) is 4.84 Å². The molecule has 0 aliphatic carbocycles. The molecule has 0 atom stereocenters. The molecule has 0 heterocycles. The second-order valence-corrected chi connectivity index (χ2v) is 8.81. The van der Waals surface area contributed by atoms with Gasteiger partial charge in [-0.25, -0.2) is 13.3 Å². The number of hydrogen-bond acceptors (Lipinski definition) is 4. The number of nitrogens with zero attached hydrogens (tertiary/aromatic N) is 1. The molecular weight excluding hydrogens is 326 g/mol. The Morgan fingerprint density at radius 1 is 0.792 bits per heavy atom. The summed E-state index contributed by atoms with van der Waals surface area (Å²) in [6.07, 6.45) is 14.2. The Kier molecular flexibility index (Phi) is 13.9. The first-order chi connectivity index (χ1) is 11.3. The molecule has 0 N–H and O–H groups in total. The first-order valence-electron chi connectivity index (χ1n) is 9.68. The Morgan fingerprint density at radius 2 is 1.29 bits per heavy atom. The molecule has 0 aliphatic rings. The molecule has 0 aromatic rings. The van der Waals surface area contributed by atoms with Crippen molar-refractivity contribution in [2.24, 2.45) is 0 Å². The van der Waals surface area contributed by atoms with Gasteiger partial charge in [-0.2, -0.15) is 4.65 Å². The zero-order chi connectivity index (χ0) is 18.3. The third kappa shape index (κ3) is 18.2. The molecule has 24 heavy (non-hydrogen) atoms. The maximum absolute atomic E-state index is 10.5. The highest BCUT2D eigenvalue weighted by atomic mass is 32.2. The molecule has 5 nitrogen and oxygen atoms in total. The van der Waals surface area contributed by atoms with E-state index in [0.29, 0.717) is 24.1 Å². The van der Waals surface area contributed by atoms with Crippen LogP contribution in [0.3, 0.4) is 0 Å². The van der Waals surface area contributed by atoms with Crippen LogP contribution in [0.15, 0.2) is 0 Å². The summed E-state index contributed by atoms with van der Waals surface area (Å²) < 4.78 is 32.0. The van der Waals surface area contributed by atoms with Crippen LogP contribution >= 0.6 is 0 Å². The summed E-state index contributed by atoms with van der Waals surface area (Å²) in [5.74, 6) is -0.289. The Balaban J connectivity index is 3.44. The lowest BCUT2D eigenvalue weighted by molar-refractivity contribution is -1.08. The summed E-state index contributed by atoms with van der Waals surface area (Å²) in [4.78, 5) is 5.77. The Labute approximate surface area is 150 Å². The topological polar surface area (TPSA) is 66.4 Å². The average Bonchev–Trinajstić information content (AvgIpc) is 2.47. The van der Waals surface area contributed by atoms with Gasteiger partial charge in [0.2, 0.25) is 0 Å². The van der Waals surface area contributed by atoms with Gasteiger partial charge in [-0.15, -0.1) is 0 Å². The Morgan fingerprint density at radius 3 is 1.79 bits per heavy atom. The molecule has 0 unspecified atom stereocenters. The van der Waals surface area contributed by atoms with Gasteiger partial charge in [0, 0.05) is 5.75 Å². The van der Waals surface area contributed by atoms with Crippen LogP contribution in [0.1, 0.15) is 84.0 Å². The molecule has 0 rings (SSSR count). The van der Waals surface area contributed by atoms with Gasteiger partial charge in [0.1, 0.15) is 13.2 Å². The summed E-state index contributed by atoms with van der Waals surface area (Å²) in [5.41, 5.74) is 0. The van der Waals surface area contributed by atoms with E-state index in [1.807, 2.05) is 14.1 Å². The summed E-state index contributed by atoms with van der Waals surface area (Å²) in [6.45, 7) is 3.72. The summed E-state index contributed by atoms with van der Waals surface area (Å²) in [5, 5.41) is 0. The van der Waals surface area contributed by atoms with Crippen molar-refractivity contribution in [3.05, 3.63) is 0 Å². The molecule has 0 radical (unpaired) electrons. The lowest BCUT2D eigenvalue weighted by Gasteiger charge is -2.27. The predicted molar refractivity (Wildman–Crippen MR) is 98.6 cm³/mol. The van der Waals surface area contributed by atoms with Crippen molar-refractivity contribution in [2.45, 2.75) is 84.0 Å². The van der Waals surface area contributed by atoms with Crippen molar-refractivity contribution in [1.82, 2.24) is 0 Å². The van der Waals surface area contributed by atoms with Gasteiger partial charge in [0.25, 0.3) is 0 Å². The second kappa shape index (κ2) is 14.0. The lowest BCUT2D eigenvalue weighted by atomic mass is 10.1. The largest absolute Gasteiger partial charge is 0.748 e. The molecule has 0 saturated heterocycles. The molecule has 0 fully saturated rings. The maximum Gasteiger partial charge on any atom is 0.108 e. The molecule has 0 saturated carbocycles. The summed E-state index contributed by atoms with van der Waals surface area (Å²) in [7, 11) is -0.0312. The van der Waals surface area contributed by atoms with E-state index in [1.54, 1.807) is 0 Å². The molecule has 0 aliphatic heterocycles. The highest BCUT2D eigenvalue weighted by molar-refractivity contribution is 7.85. The van der Waals surface area contributed by atoms with Crippen LogP contribution in [0.4, 0.5) is 0 Å². The van der Waals surface area contributed by atoms with E-state index in [1.165, 1.54) is 57.8 Å². The Bertz CT molecular complexity index is 382. The number of hydroxylamine groups is 3. The fraction of sp³-hybridized carbons (Fsp3) is 1.00. The van der Waals surface area contributed by atoms with E-state index in [2.05, 4.69) is 6.92 Å². The van der Waals surface area contributed by atoms with Crippen LogP contribution in [-0.2, 0) is 15.0 Å². The third-order valence-corrected chi connectivity index (χ3v) is 5.07. The molecule has 0 amide bonds. The molecule has 0 aromatic heterocycles. The molecule has 146 valence electrons. The number of unbranched alkanes of at least 4 members (excludes halogenated alkanes) is 10. The van der Waals surface area contributed by atoms with Gasteiger partial charge in [0.05, 0.1) is 24.2 Å². The van der Waals surface area contributed by atoms with E-state index in [-0.39, 0.29) is 5.75 Å². The first kappa shape index (κ1) is 23.8. The third-order valence-electron chi connectivity index (χ3n) is 4.28. The number of quaternary nitrogens is 1. The van der Waals surface area contributed by atoms with Crippen LogP contribution in [0, 0.1) is 0 Å². The fourth-order valence-electron chi connectivity index (χ4n) is 2.74. The van der Waals surface area contributed by atoms with E-state index >= 15 is 0 Å². The number of rotatable bonds is 17. The first-order valence-corrected chi connectivity index (χ1v) is 11.3. The summed E-state index contributed by atoms with van der Waals surface area (Å²) in [6, 6.07) is 0. The predicted octanol–water partition coefficient (Wildman–Crippen LogP) is 4.24. The van der Waals surface area contributed by atoms with E-state index < -0.39 is 10.1 Å². The second-order valence-electron chi connectivity index (χ2n) is 7.28. The molecule has 0 aromatic carbocycles. The zero-order valence-electron chi connectivity index (χ0n) is 16.1. The normalized spacial score (nSPS) is 12.7.